The molecule has 0 radical (unpaired) electrons. The van der Waals surface area contributed by atoms with Crippen molar-refractivity contribution in [3.8, 4) is 0 Å². The molecule has 0 aromatic heterocycles. The van der Waals surface area contributed by atoms with E-state index in [4.69, 9.17) is 24.5 Å². The lowest BCUT2D eigenvalue weighted by Gasteiger charge is -2.45. The van der Waals surface area contributed by atoms with Crippen molar-refractivity contribution in [1.82, 2.24) is 0 Å². The second-order valence-corrected chi connectivity index (χ2v) is 6.33. The summed E-state index contributed by atoms with van der Waals surface area (Å²) in [6.45, 7) is -1.55. The molecule has 0 amide bonds. The lowest BCUT2D eigenvalue weighted by atomic mass is 9.97. The Morgan fingerprint density at radius 2 is 1.39 bits per heavy atom. The van der Waals surface area contributed by atoms with Gasteiger partial charge in [-0.3, -0.25) is 0 Å². The van der Waals surface area contributed by atoms with E-state index < -0.39 is 74.6 Å². The normalized spacial score (nSPS) is 44.1. The molecule has 0 saturated carbocycles. The zero-order valence-corrected chi connectivity index (χ0v) is 14.7. The van der Waals surface area contributed by atoms with Gasteiger partial charge >= 0.3 is 0 Å². The zero-order valence-electron chi connectivity index (χ0n) is 14.7. The van der Waals surface area contributed by atoms with Gasteiger partial charge < -0.3 is 54.7 Å². The second kappa shape index (κ2) is 10.6. The molecule has 14 nitrogen and oxygen atoms in total. The first-order valence-corrected chi connectivity index (χ1v) is 8.56. The van der Waals surface area contributed by atoms with Crippen LogP contribution in [0.4, 0.5) is 0 Å². The number of aliphatic hydroxyl groups is 7. The van der Waals surface area contributed by atoms with Crippen molar-refractivity contribution in [2.24, 2.45) is 5.11 Å². The summed E-state index contributed by atoms with van der Waals surface area (Å²) >= 11 is 0. The van der Waals surface area contributed by atoms with Crippen LogP contribution >= 0.6 is 0 Å². The standard InChI is InChI=1S/C14H25N3O11/c15-17-16-1-2-25-14-12(10(23)8(21)6(4-19)27-14)28-13-11(24)9(22)7(20)5(3-18)26-13/h5-14,18-24H,1-4H2/t5-,6-,7-,8-,9+,10+,11+,12+,13-,14+/m1/s1. The number of azide groups is 1. The first-order valence-electron chi connectivity index (χ1n) is 8.56. The molecule has 2 heterocycles. The molecule has 2 saturated heterocycles. The SMILES string of the molecule is [N-]=[N+]=NCCO[C@H]1O[C@H](CO)[C@@H](O)[C@H](O)[C@@H]1O[C@H]1O[C@H](CO)[C@@H](O)[C@H](O)[C@@H]1O. The van der Waals surface area contributed by atoms with E-state index in [-0.39, 0.29) is 13.2 Å². The fourth-order valence-corrected chi connectivity index (χ4v) is 2.92. The molecule has 0 aromatic rings. The highest BCUT2D eigenvalue weighted by Gasteiger charge is 2.50. The summed E-state index contributed by atoms with van der Waals surface area (Å²) in [4.78, 5) is 2.55. The topological polar surface area (TPSA) is 227 Å². The minimum absolute atomic E-state index is 0.0778. The molecule has 0 aromatic carbocycles. The molecule has 7 N–H and O–H groups in total. The van der Waals surface area contributed by atoms with Crippen molar-refractivity contribution in [3.05, 3.63) is 10.4 Å². The van der Waals surface area contributed by atoms with Gasteiger partial charge in [0.15, 0.2) is 12.6 Å². The quantitative estimate of drug-likeness (QED) is 0.0879. The average molecular weight is 411 g/mol. The molecule has 0 unspecified atom stereocenters. The maximum absolute atomic E-state index is 10.3. The van der Waals surface area contributed by atoms with Crippen LogP contribution in [0, 0.1) is 0 Å². The number of hydrogen-bond donors (Lipinski definition) is 7. The van der Waals surface area contributed by atoms with Crippen molar-refractivity contribution >= 4 is 0 Å². The molecule has 0 spiro atoms. The smallest absolute Gasteiger partial charge is 0.187 e. The molecule has 28 heavy (non-hydrogen) atoms. The van der Waals surface area contributed by atoms with Gasteiger partial charge in [-0.05, 0) is 5.53 Å². The third kappa shape index (κ3) is 5.07. The lowest BCUT2D eigenvalue weighted by Crippen LogP contribution is -2.64. The Bertz CT molecular complexity index is 535. The first kappa shape index (κ1) is 23.2. The molecular formula is C14H25N3O11. The predicted octanol–water partition coefficient (Wildman–Crippen LogP) is -4.06. The fourth-order valence-electron chi connectivity index (χ4n) is 2.92. The largest absolute Gasteiger partial charge is 0.394 e. The van der Waals surface area contributed by atoms with E-state index in [2.05, 4.69) is 10.0 Å². The summed E-state index contributed by atoms with van der Waals surface area (Å²) in [5.74, 6) is 0. The molecule has 0 aliphatic carbocycles. The van der Waals surface area contributed by atoms with Gasteiger partial charge in [-0.15, -0.1) is 0 Å². The third-order valence-corrected chi connectivity index (χ3v) is 4.50. The van der Waals surface area contributed by atoms with Crippen LogP contribution in [0.3, 0.4) is 0 Å². The molecule has 0 bridgehead atoms. The van der Waals surface area contributed by atoms with E-state index in [9.17, 15) is 35.7 Å². The Morgan fingerprint density at radius 1 is 0.821 bits per heavy atom. The predicted molar refractivity (Wildman–Crippen MR) is 86.4 cm³/mol. The van der Waals surface area contributed by atoms with E-state index in [0.717, 1.165) is 0 Å². The Labute approximate surface area is 159 Å². The van der Waals surface area contributed by atoms with Gasteiger partial charge in [0.05, 0.1) is 19.8 Å². The summed E-state index contributed by atoms with van der Waals surface area (Å²) in [5.41, 5.74) is 8.28. The van der Waals surface area contributed by atoms with Crippen molar-refractivity contribution in [3.63, 3.8) is 0 Å². The average Bonchev–Trinajstić information content (AvgIpc) is 2.70. The van der Waals surface area contributed by atoms with Crippen LogP contribution in [0.2, 0.25) is 0 Å². The number of hydrogen-bond acceptors (Lipinski definition) is 12. The molecule has 2 fully saturated rings. The summed E-state index contributed by atoms with van der Waals surface area (Å²) in [6, 6.07) is 0. The number of rotatable bonds is 8. The van der Waals surface area contributed by atoms with Gasteiger partial charge in [0.1, 0.15) is 48.8 Å². The van der Waals surface area contributed by atoms with Crippen LogP contribution in [-0.4, -0.2) is 124 Å². The van der Waals surface area contributed by atoms with Crippen molar-refractivity contribution in [2.75, 3.05) is 26.4 Å². The summed E-state index contributed by atoms with van der Waals surface area (Å²) < 4.78 is 21.3. The molecule has 162 valence electrons. The van der Waals surface area contributed by atoms with Crippen molar-refractivity contribution in [2.45, 2.75) is 61.4 Å². The van der Waals surface area contributed by atoms with Crippen molar-refractivity contribution in [1.29, 1.82) is 0 Å². The van der Waals surface area contributed by atoms with Crippen LogP contribution in [0.1, 0.15) is 0 Å². The number of nitrogens with zero attached hydrogens (tertiary/aromatic N) is 3. The zero-order chi connectivity index (χ0) is 20.8. The Morgan fingerprint density at radius 3 is 1.96 bits per heavy atom. The Kier molecular flexibility index (Phi) is 8.76. The number of ether oxygens (including phenoxy) is 4. The van der Waals surface area contributed by atoms with Crippen LogP contribution < -0.4 is 0 Å². The highest BCUT2D eigenvalue weighted by atomic mass is 16.8. The molecule has 10 atom stereocenters. The molecular weight excluding hydrogens is 386 g/mol. The van der Waals surface area contributed by atoms with Crippen LogP contribution in [0.5, 0.6) is 0 Å². The van der Waals surface area contributed by atoms with Crippen LogP contribution in [0.15, 0.2) is 5.11 Å². The minimum atomic E-state index is -1.75. The second-order valence-electron chi connectivity index (χ2n) is 6.33. The maximum atomic E-state index is 10.3. The Hall–Kier alpha value is -1.13. The molecule has 14 heteroatoms. The highest BCUT2D eigenvalue weighted by molar-refractivity contribution is 4.93. The minimum Gasteiger partial charge on any atom is -0.394 e. The van der Waals surface area contributed by atoms with Gasteiger partial charge in [-0.25, -0.2) is 0 Å². The van der Waals surface area contributed by atoms with Crippen molar-refractivity contribution < 1.29 is 54.7 Å². The summed E-state index contributed by atoms with van der Waals surface area (Å²) in [7, 11) is 0. The van der Waals surface area contributed by atoms with Crippen LogP contribution in [0.25, 0.3) is 10.4 Å². The van der Waals surface area contributed by atoms with E-state index in [1.54, 1.807) is 0 Å². The van der Waals surface area contributed by atoms with E-state index >= 15 is 0 Å². The van der Waals surface area contributed by atoms with Gasteiger partial charge in [0.2, 0.25) is 0 Å². The van der Waals surface area contributed by atoms with Gasteiger partial charge in [0.25, 0.3) is 0 Å². The Balaban J connectivity index is 2.13. The fraction of sp³-hybridized carbons (Fsp3) is 1.00. The first-order chi connectivity index (χ1) is 13.3. The van der Waals surface area contributed by atoms with E-state index in [1.165, 1.54) is 0 Å². The van der Waals surface area contributed by atoms with Gasteiger partial charge in [-0.1, -0.05) is 5.11 Å². The maximum Gasteiger partial charge on any atom is 0.187 e. The molecule has 2 rings (SSSR count). The monoisotopic (exact) mass is 411 g/mol. The number of aliphatic hydroxyl groups excluding tert-OH is 7. The van der Waals surface area contributed by atoms with Crippen LogP contribution in [-0.2, 0) is 18.9 Å². The third-order valence-electron chi connectivity index (χ3n) is 4.50. The van der Waals surface area contributed by atoms with Gasteiger partial charge in [0, 0.05) is 11.5 Å². The van der Waals surface area contributed by atoms with E-state index in [1.807, 2.05) is 0 Å². The van der Waals surface area contributed by atoms with E-state index in [0.29, 0.717) is 0 Å². The lowest BCUT2D eigenvalue weighted by molar-refractivity contribution is -0.367. The molecule has 2 aliphatic heterocycles. The molecule has 2 aliphatic rings. The summed E-state index contributed by atoms with van der Waals surface area (Å²) in [5, 5.41) is 71.9. The highest BCUT2D eigenvalue weighted by Crippen LogP contribution is 2.29. The summed E-state index contributed by atoms with van der Waals surface area (Å²) in [6.07, 6.45) is -15.2. The van der Waals surface area contributed by atoms with Gasteiger partial charge in [-0.2, -0.15) is 0 Å².